The van der Waals surface area contributed by atoms with Gasteiger partial charge in [0.1, 0.15) is 0 Å². The first-order valence-electron chi connectivity index (χ1n) is 0.836. The van der Waals surface area contributed by atoms with Gasteiger partial charge in [-0.25, -0.2) is 0 Å². The van der Waals surface area contributed by atoms with E-state index in [9.17, 15) is 0 Å². The molecule has 0 saturated heterocycles. The van der Waals surface area contributed by atoms with Crippen LogP contribution in [0.5, 0.6) is 0 Å². The second-order valence-corrected chi connectivity index (χ2v) is 1.57. The van der Waals surface area contributed by atoms with Crippen molar-refractivity contribution in [2.24, 2.45) is 0 Å². The van der Waals surface area contributed by atoms with Crippen LogP contribution in [0.4, 0.5) is 0 Å². The van der Waals surface area contributed by atoms with Crippen LogP contribution in [-0.4, -0.2) is 211 Å². The molecule has 0 aliphatic heterocycles. The SMILES string of the molecule is O.O.O.O.O.O.O.O.O.O.O.O.O.O.O.O.O.O.O.O.O.O.O.O.O.O.O.O.O.O.O.O.O.[O-][Si]([O-])([O-])O.[OH-].[OH-].[OH-].[W].[W].[W].[W].[W].[W].[W].[W].[W].[W].[W].[W]. The summed E-state index contributed by atoms with van der Waals surface area (Å²) in [5.41, 5.74) is 0. The van der Waals surface area contributed by atoms with Gasteiger partial charge in [-0.2, -0.15) is 0 Å². The minimum Gasteiger partial charge on any atom is -0.870 e. The van der Waals surface area contributed by atoms with Crippen LogP contribution >= 0.6 is 0 Å². The largest absolute Gasteiger partial charge is 0.870 e. The first-order valence-corrected chi connectivity index (χ1v) is 2.51. The molecule has 0 heterocycles. The van der Waals surface area contributed by atoms with Crippen LogP contribution in [0.25, 0.3) is 0 Å². The fraction of sp³-hybridized carbons (Fsp3) is 0. The molecule has 0 aromatic heterocycles. The molecule has 0 radical (unpaired) electrons. The van der Waals surface area contributed by atoms with Crippen LogP contribution in [0.2, 0.25) is 0 Å². The number of rotatable bonds is 0. The molecule has 0 fully saturated rings. The summed E-state index contributed by atoms with van der Waals surface area (Å²) >= 11 is 0. The molecule has 0 rings (SSSR count). The maximum Gasteiger partial charge on any atom is 0 e. The summed E-state index contributed by atoms with van der Waals surface area (Å²) in [6.07, 6.45) is 0. The predicted octanol–water partition coefficient (Wildman–Crippen LogP) is -32.3. The standard InChI is InChI=1S/HO4Si.36H2O.12W/c1-5(2,3)4;;;;;;;;;;;;;;;;;;;;;;;;;;;;;;;;;;;;;;;;;;;;;;;;/h1H;36*1H2;;;;;;;;;;;;/q-3;;;;;;;;;;;;;;;;;;;;;;;;;;;;;;;;;;;;;;;;;;;;;;;;/p-3. The second kappa shape index (κ2) is 1190. The number of hydrogen-bond donors (Lipinski definition) is 1. The summed E-state index contributed by atoms with van der Waals surface area (Å²) in [7, 11) is -5.36. The van der Waals surface area contributed by atoms with Crippen molar-refractivity contribution in [1.29, 1.82) is 0 Å². The van der Waals surface area contributed by atoms with E-state index < -0.39 is 9.05 Å². The molecule has 0 amide bonds. The van der Waals surface area contributed by atoms with Crippen LogP contribution in [0.3, 0.4) is 0 Å². The van der Waals surface area contributed by atoms with Crippen LogP contribution < -0.4 is 14.4 Å². The predicted molar refractivity (Wildman–Crippen MR) is 133 cm³/mol. The molecular formula is H70O40SiW12-6. The smallest absolute Gasteiger partial charge is 0 e. The molecule has 0 aromatic rings. The molecule has 0 unspecified atom stereocenters. The number of hydrogen-bond acceptors (Lipinski definition) is 7. The van der Waals surface area contributed by atoms with Crippen molar-refractivity contribution < 1.29 is 469 Å². The van der Waals surface area contributed by atoms with Gasteiger partial charge < -0.3 is 216 Å². The molecule has 392 valence electrons. The fourth-order valence-corrected chi connectivity index (χ4v) is 0. The average Bonchev–Trinajstić information content (AvgIpc) is 0.722. The molecule has 53 heteroatoms. The van der Waals surface area contributed by atoms with Crippen molar-refractivity contribution >= 4 is 9.05 Å². The van der Waals surface area contributed by atoms with Gasteiger partial charge in [-0.05, 0) is 0 Å². The topological polar surface area (TPSA) is 1220 Å². The van der Waals surface area contributed by atoms with Crippen LogP contribution in [-0.2, 0) is 253 Å². The van der Waals surface area contributed by atoms with Gasteiger partial charge in [-0.3, -0.25) is 0 Å². The van der Waals surface area contributed by atoms with Crippen LogP contribution in [0, 0.1) is 0 Å². The Bertz CT molecular complexity index is 63.2. The van der Waals surface area contributed by atoms with Crippen molar-refractivity contribution in [2.75, 3.05) is 0 Å². The van der Waals surface area contributed by atoms with Crippen molar-refractivity contribution in [3.8, 4) is 0 Å². The Balaban J connectivity index is -0.0000000000709. The molecule has 0 bridgehead atoms. The molecule has 0 aliphatic rings. The minimum absolute atomic E-state index is 0. The van der Waals surface area contributed by atoms with E-state index in [1.54, 1.807) is 0 Å². The maximum absolute atomic E-state index is 8.69. The Morgan fingerprint density at radius 2 is 0.170 bits per heavy atom. The Morgan fingerprint density at radius 1 is 0.170 bits per heavy atom. The Morgan fingerprint density at radius 3 is 0.170 bits per heavy atom. The fourth-order valence-electron chi connectivity index (χ4n) is 0. The summed E-state index contributed by atoms with van der Waals surface area (Å²) in [4.78, 5) is 33.1. The minimum atomic E-state index is -5.36. The summed E-state index contributed by atoms with van der Waals surface area (Å²) in [5.74, 6) is 0. The average molecular weight is 2940 g/mol. The summed E-state index contributed by atoms with van der Waals surface area (Å²) in [5, 5.41) is 0. The third-order valence-corrected chi connectivity index (χ3v) is 0. The second-order valence-electron chi connectivity index (χ2n) is 0.524. The monoisotopic (exact) mass is 2950 g/mol. The quantitative estimate of drug-likeness (QED) is 0.228. The normalized spacial score (nSPS) is 1.13. The Kier molecular flexibility index (Phi) is 39400. The first kappa shape index (κ1) is 1750. The van der Waals surface area contributed by atoms with Crippen molar-refractivity contribution in [3.63, 3.8) is 0 Å². The molecule has 0 saturated carbocycles. The molecule has 53 heavy (non-hydrogen) atoms. The third-order valence-electron chi connectivity index (χ3n) is 0. The third kappa shape index (κ3) is 4030. The van der Waals surface area contributed by atoms with E-state index >= 15 is 0 Å². The molecular weight excluding hydrogens is 2870 g/mol. The summed E-state index contributed by atoms with van der Waals surface area (Å²) in [6.45, 7) is 0. The van der Waals surface area contributed by atoms with Crippen molar-refractivity contribution in [3.05, 3.63) is 0 Å². The molecule has 40 nitrogen and oxygen atoms in total. The van der Waals surface area contributed by atoms with Gasteiger partial charge >= 0.3 is 0 Å². The van der Waals surface area contributed by atoms with E-state index in [0.717, 1.165) is 0 Å². The summed E-state index contributed by atoms with van der Waals surface area (Å²) in [6, 6.07) is 0. The molecule has 0 spiro atoms. The van der Waals surface area contributed by atoms with Crippen LogP contribution in [0.15, 0.2) is 0 Å². The zero-order valence-electron chi connectivity index (χ0n) is 24.9. The maximum atomic E-state index is 8.69. The van der Waals surface area contributed by atoms with Crippen molar-refractivity contribution in [2.45, 2.75) is 0 Å². The Labute approximate surface area is 471 Å². The van der Waals surface area contributed by atoms with Gasteiger partial charge in [0.2, 0.25) is 0 Å². The molecule has 0 aromatic carbocycles. The Hall–Kier alpha value is 6.88. The van der Waals surface area contributed by atoms with Gasteiger partial charge in [-0.1, -0.05) is 0 Å². The van der Waals surface area contributed by atoms with E-state index in [2.05, 4.69) is 0 Å². The van der Waals surface area contributed by atoms with Gasteiger partial charge in [0, 0.05) is 253 Å². The first-order chi connectivity index (χ1) is 2.00. The molecule has 0 atom stereocenters. The van der Waals surface area contributed by atoms with E-state index in [1.165, 1.54) is 0 Å². The van der Waals surface area contributed by atoms with Crippen molar-refractivity contribution in [1.82, 2.24) is 0 Å². The zero-order valence-corrected chi connectivity index (χ0v) is 61.1. The zero-order chi connectivity index (χ0) is 4.50. The van der Waals surface area contributed by atoms with Gasteiger partial charge in [0.15, 0.2) is 0 Å². The van der Waals surface area contributed by atoms with Gasteiger partial charge in [-0.15, -0.1) is 9.05 Å². The van der Waals surface area contributed by atoms with Gasteiger partial charge in [0.05, 0.1) is 0 Å². The molecule has 70 N–H and O–H groups in total. The van der Waals surface area contributed by atoms with E-state index in [0.29, 0.717) is 0 Å². The van der Waals surface area contributed by atoms with Crippen LogP contribution in [0.1, 0.15) is 0 Å². The van der Waals surface area contributed by atoms with Gasteiger partial charge in [0.25, 0.3) is 0 Å². The van der Waals surface area contributed by atoms with E-state index in [1.807, 2.05) is 0 Å². The van der Waals surface area contributed by atoms with E-state index in [-0.39, 0.29) is 450 Å². The molecule has 0 aliphatic carbocycles. The van der Waals surface area contributed by atoms with E-state index in [4.69, 9.17) is 19.2 Å². The summed E-state index contributed by atoms with van der Waals surface area (Å²) < 4.78 is 0.